The van der Waals surface area contributed by atoms with Gasteiger partial charge in [0.25, 0.3) is 0 Å². The van der Waals surface area contributed by atoms with Gasteiger partial charge in [-0.05, 0) is 25.0 Å². The van der Waals surface area contributed by atoms with E-state index < -0.39 is 0 Å². The molecule has 1 fully saturated rings. The van der Waals surface area contributed by atoms with Crippen molar-refractivity contribution in [1.29, 1.82) is 0 Å². The third kappa shape index (κ3) is 2.90. The Morgan fingerprint density at radius 2 is 1.84 bits per heavy atom. The van der Waals surface area contributed by atoms with Gasteiger partial charge in [-0.15, -0.1) is 0 Å². The first-order valence-electron chi connectivity index (χ1n) is 7.37. The Labute approximate surface area is 116 Å². The topological polar surface area (TPSA) is 45.4 Å². The summed E-state index contributed by atoms with van der Waals surface area (Å²) in [5, 5.41) is 0. The maximum Gasteiger partial charge on any atom is 0.128 e. The second-order valence-electron chi connectivity index (χ2n) is 5.30. The molecule has 2 N–H and O–H groups in total. The van der Waals surface area contributed by atoms with Gasteiger partial charge in [0.05, 0.1) is 0 Å². The highest BCUT2D eigenvalue weighted by Crippen LogP contribution is 2.25. The minimum Gasteiger partial charge on any atom is -0.354 e. The lowest BCUT2D eigenvalue weighted by Gasteiger charge is -2.47. The van der Waals surface area contributed by atoms with Gasteiger partial charge in [0.15, 0.2) is 0 Å². The van der Waals surface area contributed by atoms with Crippen LogP contribution in [0.4, 0.5) is 5.82 Å². The zero-order chi connectivity index (χ0) is 13.7. The van der Waals surface area contributed by atoms with Crippen molar-refractivity contribution in [1.82, 2.24) is 9.88 Å². The van der Waals surface area contributed by atoms with Crippen molar-refractivity contribution in [3.05, 3.63) is 24.4 Å². The number of aromatic nitrogens is 1. The van der Waals surface area contributed by atoms with Gasteiger partial charge in [-0.25, -0.2) is 4.98 Å². The van der Waals surface area contributed by atoms with Crippen LogP contribution in [0.1, 0.15) is 26.7 Å². The highest BCUT2D eigenvalue weighted by molar-refractivity contribution is 5.38. The summed E-state index contributed by atoms with van der Waals surface area (Å²) in [6, 6.07) is 6.11. The standard InChI is InChI=1S/C15H26N4/c1-3-15(4-2,13-16)19-11-9-18(10-12-19)14-7-5-6-8-17-14/h5-8H,3-4,9-13,16H2,1-2H3. The average molecular weight is 262 g/mol. The SMILES string of the molecule is CCC(CC)(CN)N1CCN(c2ccccn2)CC1. The lowest BCUT2D eigenvalue weighted by molar-refractivity contribution is 0.0784. The Morgan fingerprint density at radius 3 is 2.32 bits per heavy atom. The van der Waals surface area contributed by atoms with Gasteiger partial charge in [-0.2, -0.15) is 0 Å². The van der Waals surface area contributed by atoms with E-state index in [9.17, 15) is 0 Å². The first-order chi connectivity index (χ1) is 9.25. The van der Waals surface area contributed by atoms with Crippen LogP contribution in [0.5, 0.6) is 0 Å². The number of pyridine rings is 1. The number of anilines is 1. The molecule has 1 aromatic rings. The summed E-state index contributed by atoms with van der Waals surface area (Å²) in [6.45, 7) is 9.50. The fraction of sp³-hybridized carbons (Fsp3) is 0.667. The molecular weight excluding hydrogens is 236 g/mol. The Balaban J connectivity index is 1.99. The third-order valence-electron chi connectivity index (χ3n) is 4.62. The molecule has 0 amide bonds. The minimum atomic E-state index is 0.191. The van der Waals surface area contributed by atoms with E-state index in [0.717, 1.165) is 51.4 Å². The summed E-state index contributed by atoms with van der Waals surface area (Å²) >= 11 is 0. The van der Waals surface area contributed by atoms with E-state index in [0.29, 0.717) is 0 Å². The molecule has 4 heteroatoms. The van der Waals surface area contributed by atoms with Crippen LogP contribution in [-0.4, -0.2) is 48.1 Å². The van der Waals surface area contributed by atoms with E-state index >= 15 is 0 Å². The Hall–Kier alpha value is -1.13. The molecule has 0 radical (unpaired) electrons. The molecule has 1 aromatic heterocycles. The smallest absolute Gasteiger partial charge is 0.128 e. The summed E-state index contributed by atoms with van der Waals surface area (Å²) in [7, 11) is 0. The van der Waals surface area contributed by atoms with E-state index in [4.69, 9.17) is 5.73 Å². The molecule has 0 spiro atoms. The second-order valence-corrected chi connectivity index (χ2v) is 5.30. The minimum absolute atomic E-state index is 0.191. The molecule has 1 aliphatic rings. The van der Waals surface area contributed by atoms with Gasteiger partial charge in [0, 0.05) is 44.5 Å². The van der Waals surface area contributed by atoms with E-state index in [-0.39, 0.29) is 5.54 Å². The zero-order valence-corrected chi connectivity index (χ0v) is 12.2. The van der Waals surface area contributed by atoms with E-state index in [1.807, 2.05) is 12.3 Å². The predicted molar refractivity (Wildman–Crippen MR) is 80.4 cm³/mol. The lowest BCUT2D eigenvalue weighted by atomic mass is 9.90. The Bertz CT molecular complexity index is 359. The fourth-order valence-electron chi connectivity index (χ4n) is 3.07. The summed E-state index contributed by atoms with van der Waals surface area (Å²) in [5.74, 6) is 1.09. The molecule has 0 atom stereocenters. The number of piperazine rings is 1. The number of hydrogen-bond acceptors (Lipinski definition) is 4. The molecule has 1 aliphatic heterocycles. The Morgan fingerprint density at radius 1 is 1.16 bits per heavy atom. The molecule has 0 saturated carbocycles. The van der Waals surface area contributed by atoms with Gasteiger partial charge in [-0.3, -0.25) is 4.90 Å². The molecule has 2 heterocycles. The predicted octanol–water partition coefficient (Wildman–Crippen LogP) is 1.72. The van der Waals surface area contributed by atoms with Crippen molar-refractivity contribution in [3.63, 3.8) is 0 Å². The van der Waals surface area contributed by atoms with Crippen LogP contribution in [0, 0.1) is 0 Å². The summed E-state index contributed by atoms with van der Waals surface area (Å²) in [6.07, 6.45) is 4.12. The molecule has 1 saturated heterocycles. The van der Waals surface area contributed by atoms with Gasteiger partial charge in [-0.1, -0.05) is 19.9 Å². The number of nitrogens with zero attached hydrogens (tertiary/aromatic N) is 3. The molecule has 4 nitrogen and oxygen atoms in total. The number of nitrogens with two attached hydrogens (primary N) is 1. The second kappa shape index (κ2) is 6.35. The highest BCUT2D eigenvalue weighted by atomic mass is 15.3. The van der Waals surface area contributed by atoms with Crippen LogP contribution in [0.3, 0.4) is 0 Å². The molecule has 0 unspecified atom stereocenters. The summed E-state index contributed by atoms with van der Waals surface area (Å²) < 4.78 is 0. The molecule has 106 valence electrons. The third-order valence-corrected chi connectivity index (χ3v) is 4.62. The number of rotatable bonds is 5. The maximum atomic E-state index is 6.04. The van der Waals surface area contributed by atoms with Crippen molar-refractivity contribution < 1.29 is 0 Å². The largest absolute Gasteiger partial charge is 0.354 e. The monoisotopic (exact) mass is 262 g/mol. The Kier molecular flexibility index (Phi) is 4.77. The van der Waals surface area contributed by atoms with E-state index in [2.05, 4.69) is 40.8 Å². The summed E-state index contributed by atoms with van der Waals surface area (Å²) in [5.41, 5.74) is 6.23. The van der Waals surface area contributed by atoms with E-state index in [1.54, 1.807) is 0 Å². The van der Waals surface area contributed by atoms with Gasteiger partial charge < -0.3 is 10.6 Å². The maximum absolute atomic E-state index is 6.04. The van der Waals surface area contributed by atoms with Crippen LogP contribution in [0.15, 0.2) is 24.4 Å². The van der Waals surface area contributed by atoms with Crippen molar-refractivity contribution in [2.45, 2.75) is 32.2 Å². The first kappa shape index (κ1) is 14.3. The molecule has 19 heavy (non-hydrogen) atoms. The normalized spacial score (nSPS) is 17.7. The highest BCUT2D eigenvalue weighted by Gasteiger charge is 2.34. The summed E-state index contributed by atoms with van der Waals surface area (Å²) in [4.78, 5) is 9.37. The van der Waals surface area contributed by atoms with Crippen LogP contribution in [-0.2, 0) is 0 Å². The molecule has 2 rings (SSSR count). The molecule has 0 aliphatic carbocycles. The van der Waals surface area contributed by atoms with Crippen LogP contribution >= 0.6 is 0 Å². The van der Waals surface area contributed by atoms with Gasteiger partial charge in [0.1, 0.15) is 5.82 Å². The van der Waals surface area contributed by atoms with Gasteiger partial charge >= 0.3 is 0 Å². The van der Waals surface area contributed by atoms with Crippen molar-refractivity contribution in [2.24, 2.45) is 5.73 Å². The zero-order valence-electron chi connectivity index (χ0n) is 12.2. The van der Waals surface area contributed by atoms with Crippen LogP contribution in [0.25, 0.3) is 0 Å². The quantitative estimate of drug-likeness (QED) is 0.877. The number of hydrogen-bond donors (Lipinski definition) is 1. The van der Waals surface area contributed by atoms with Gasteiger partial charge in [0.2, 0.25) is 0 Å². The first-order valence-corrected chi connectivity index (χ1v) is 7.37. The van der Waals surface area contributed by atoms with Crippen molar-refractivity contribution in [2.75, 3.05) is 37.6 Å². The molecule has 0 bridgehead atoms. The average Bonchev–Trinajstić information content (AvgIpc) is 2.51. The fourth-order valence-corrected chi connectivity index (χ4v) is 3.07. The molecular formula is C15H26N4. The van der Waals surface area contributed by atoms with Crippen molar-refractivity contribution >= 4 is 5.82 Å². The lowest BCUT2D eigenvalue weighted by Crippen LogP contribution is -2.59. The van der Waals surface area contributed by atoms with Crippen LogP contribution < -0.4 is 10.6 Å². The van der Waals surface area contributed by atoms with Crippen LogP contribution in [0.2, 0.25) is 0 Å². The molecule has 0 aromatic carbocycles. The van der Waals surface area contributed by atoms with Crippen molar-refractivity contribution in [3.8, 4) is 0 Å². The van der Waals surface area contributed by atoms with E-state index in [1.165, 1.54) is 0 Å².